The van der Waals surface area contributed by atoms with E-state index in [2.05, 4.69) is 17.1 Å². The molecule has 6 heteroatoms. The number of methoxy groups -OCH3 is 1. The van der Waals surface area contributed by atoms with Crippen LogP contribution in [-0.4, -0.2) is 28.4 Å². The van der Waals surface area contributed by atoms with Crippen molar-refractivity contribution in [3.63, 3.8) is 0 Å². The molecule has 30 heavy (non-hydrogen) atoms. The second-order valence-corrected chi connectivity index (χ2v) is 7.20. The molecule has 5 rings (SSSR count). The summed E-state index contributed by atoms with van der Waals surface area (Å²) in [6, 6.07) is 20.0. The van der Waals surface area contributed by atoms with Gasteiger partial charge < -0.3 is 19.1 Å². The van der Waals surface area contributed by atoms with E-state index in [0.717, 1.165) is 33.4 Å². The highest BCUT2D eigenvalue weighted by Gasteiger charge is 2.34. The van der Waals surface area contributed by atoms with Gasteiger partial charge in [-0.3, -0.25) is 5.41 Å². The molecule has 1 aliphatic rings. The lowest BCUT2D eigenvalue weighted by Gasteiger charge is -2.30. The molecule has 0 amide bonds. The van der Waals surface area contributed by atoms with E-state index < -0.39 is 0 Å². The maximum atomic E-state index is 9.43. The first kappa shape index (κ1) is 18.4. The van der Waals surface area contributed by atoms with Crippen molar-refractivity contribution in [2.45, 2.75) is 12.5 Å². The van der Waals surface area contributed by atoms with E-state index in [-0.39, 0.29) is 18.0 Å². The average molecular weight is 399 g/mol. The molecule has 3 aromatic carbocycles. The third-order valence-electron chi connectivity index (χ3n) is 5.59. The van der Waals surface area contributed by atoms with Crippen LogP contribution in [0.15, 0.2) is 67.0 Å². The smallest absolute Gasteiger partial charge is 0.228 e. The van der Waals surface area contributed by atoms with Gasteiger partial charge >= 0.3 is 0 Å². The molecule has 6 nitrogen and oxygen atoms in total. The standard InChI is InChI=1S/C24H21N3O3/c1-29-18-9-5-4-8-17(18)21-20-16-7-3-2-6-15(16)10-11-19(20)30-24-22(21)23(25)27(12-13-28)14-26-24/h2-11,14,21,25,28H,12-13H2,1H3/t21-/m0/s1. The predicted molar refractivity (Wildman–Crippen MR) is 113 cm³/mol. The summed E-state index contributed by atoms with van der Waals surface area (Å²) in [7, 11) is 1.65. The summed E-state index contributed by atoms with van der Waals surface area (Å²) in [4.78, 5) is 4.48. The Morgan fingerprint density at radius 2 is 1.87 bits per heavy atom. The lowest BCUT2D eigenvalue weighted by molar-refractivity contribution is 0.271. The summed E-state index contributed by atoms with van der Waals surface area (Å²) in [6.07, 6.45) is 1.54. The summed E-state index contributed by atoms with van der Waals surface area (Å²) in [5, 5.41) is 20.5. The largest absolute Gasteiger partial charge is 0.496 e. The van der Waals surface area contributed by atoms with Crippen LogP contribution in [0.4, 0.5) is 0 Å². The SMILES string of the molecule is COc1ccccc1[C@@H]1c2c(ncn(CCO)c2=N)Oc2ccc3ccccc3c21. The third kappa shape index (κ3) is 2.76. The fraction of sp³-hybridized carbons (Fsp3) is 0.167. The van der Waals surface area contributed by atoms with Gasteiger partial charge in [0.25, 0.3) is 0 Å². The molecule has 1 atom stereocenters. The van der Waals surface area contributed by atoms with Crippen molar-refractivity contribution in [3.8, 4) is 17.4 Å². The van der Waals surface area contributed by atoms with Crippen LogP contribution in [-0.2, 0) is 6.54 Å². The second kappa shape index (κ2) is 7.31. The van der Waals surface area contributed by atoms with Gasteiger partial charge in [-0.15, -0.1) is 0 Å². The second-order valence-electron chi connectivity index (χ2n) is 7.20. The van der Waals surface area contributed by atoms with Gasteiger partial charge in [-0.25, -0.2) is 4.98 Å². The van der Waals surface area contributed by atoms with Crippen molar-refractivity contribution in [2.75, 3.05) is 13.7 Å². The number of hydrogen-bond acceptors (Lipinski definition) is 5. The zero-order chi connectivity index (χ0) is 20.7. The molecule has 2 N–H and O–H groups in total. The summed E-state index contributed by atoms with van der Waals surface area (Å²) in [6.45, 7) is 0.219. The topological polar surface area (TPSA) is 80.4 Å². The van der Waals surface area contributed by atoms with Gasteiger partial charge in [-0.05, 0) is 22.9 Å². The van der Waals surface area contributed by atoms with Gasteiger partial charge in [0.05, 0.1) is 25.2 Å². The summed E-state index contributed by atoms with van der Waals surface area (Å²) in [5.74, 6) is 1.58. The fourth-order valence-electron chi connectivity index (χ4n) is 4.25. The molecule has 0 unspecified atom stereocenters. The highest BCUT2D eigenvalue weighted by atomic mass is 16.5. The predicted octanol–water partition coefficient (Wildman–Crippen LogP) is 3.80. The van der Waals surface area contributed by atoms with Crippen molar-refractivity contribution >= 4 is 10.8 Å². The Balaban J connectivity index is 1.89. The Bertz CT molecular complexity index is 1310. The quantitative estimate of drug-likeness (QED) is 0.482. The maximum absolute atomic E-state index is 9.43. The normalized spacial score (nSPS) is 14.7. The van der Waals surface area contributed by atoms with E-state index in [9.17, 15) is 5.11 Å². The zero-order valence-electron chi connectivity index (χ0n) is 16.5. The number of aromatic nitrogens is 2. The molecule has 0 aliphatic carbocycles. The van der Waals surface area contributed by atoms with Crippen molar-refractivity contribution in [1.29, 1.82) is 5.41 Å². The van der Waals surface area contributed by atoms with Gasteiger partial charge in [0, 0.05) is 17.7 Å². The monoisotopic (exact) mass is 399 g/mol. The molecule has 150 valence electrons. The lowest BCUT2D eigenvalue weighted by Crippen LogP contribution is -2.30. The highest BCUT2D eigenvalue weighted by molar-refractivity contribution is 5.90. The molecule has 0 saturated heterocycles. The van der Waals surface area contributed by atoms with E-state index in [0.29, 0.717) is 18.0 Å². The molecule has 0 spiro atoms. The number of hydrogen-bond donors (Lipinski definition) is 2. The van der Waals surface area contributed by atoms with E-state index in [1.165, 1.54) is 0 Å². The lowest BCUT2D eigenvalue weighted by atomic mass is 9.81. The first-order chi connectivity index (χ1) is 14.7. The molecule has 1 aromatic heterocycles. The molecule has 0 saturated carbocycles. The van der Waals surface area contributed by atoms with Crippen molar-refractivity contribution < 1.29 is 14.6 Å². The molecule has 2 heterocycles. The van der Waals surface area contributed by atoms with E-state index >= 15 is 0 Å². The van der Waals surface area contributed by atoms with Crippen LogP contribution in [0.3, 0.4) is 0 Å². The van der Waals surface area contributed by atoms with Crippen LogP contribution < -0.4 is 15.0 Å². The van der Waals surface area contributed by atoms with Crippen molar-refractivity contribution in [3.05, 3.63) is 89.2 Å². The van der Waals surface area contributed by atoms with Crippen LogP contribution in [0.25, 0.3) is 10.8 Å². The van der Waals surface area contributed by atoms with E-state index in [1.54, 1.807) is 18.0 Å². The van der Waals surface area contributed by atoms with Gasteiger partial charge in [-0.2, -0.15) is 0 Å². The number of aliphatic hydroxyl groups excluding tert-OH is 1. The van der Waals surface area contributed by atoms with E-state index in [1.807, 2.05) is 48.5 Å². The number of para-hydroxylation sites is 1. The zero-order valence-corrected chi connectivity index (χ0v) is 16.5. The molecular weight excluding hydrogens is 378 g/mol. The number of nitrogens with zero attached hydrogens (tertiary/aromatic N) is 2. The molecule has 0 fully saturated rings. The van der Waals surface area contributed by atoms with Crippen LogP contribution in [0.2, 0.25) is 0 Å². The van der Waals surface area contributed by atoms with Crippen LogP contribution in [0.1, 0.15) is 22.6 Å². The van der Waals surface area contributed by atoms with Crippen LogP contribution >= 0.6 is 0 Å². The highest BCUT2D eigenvalue weighted by Crippen LogP contribution is 2.49. The molecule has 0 radical (unpaired) electrons. The Morgan fingerprint density at radius 3 is 2.70 bits per heavy atom. The Labute approximate surface area is 173 Å². The fourth-order valence-corrected chi connectivity index (χ4v) is 4.25. The van der Waals surface area contributed by atoms with Crippen molar-refractivity contribution in [2.24, 2.45) is 0 Å². The number of nitrogens with one attached hydrogen (secondary N) is 1. The number of rotatable bonds is 4. The third-order valence-corrected chi connectivity index (χ3v) is 5.59. The van der Waals surface area contributed by atoms with Gasteiger partial charge in [0.1, 0.15) is 23.3 Å². The van der Waals surface area contributed by atoms with Gasteiger partial charge in [0.2, 0.25) is 5.88 Å². The first-order valence-corrected chi connectivity index (χ1v) is 9.80. The molecule has 4 aromatic rings. The minimum absolute atomic E-state index is 0.0727. The summed E-state index contributed by atoms with van der Waals surface area (Å²) < 4.78 is 13.5. The molecule has 0 bridgehead atoms. The number of fused-ring (bicyclic) bond motifs is 4. The van der Waals surface area contributed by atoms with Crippen LogP contribution in [0.5, 0.6) is 17.4 Å². The Kier molecular flexibility index (Phi) is 4.48. The van der Waals surface area contributed by atoms with Gasteiger partial charge in [-0.1, -0.05) is 48.5 Å². The molecular formula is C24H21N3O3. The van der Waals surface area contributed by atoms with Crippen LogP contribution in [0, 0.1) is 5.41 Å². The Hall–Kier alpha value is -3.64. The van der Waals surface area contributed by atoms with Crippen molar-refractivity contribution in [1.82, 2.24) is 9.55 Å². The van der Waals surface area contributed by atoms with E-state index in [4.69, 9.17) is 14.9 Å². The summed E-state index contributed by atoms with van der Waals surface area (Å²) in [5.41, 5.74) is 2.86. The first-order valence-electron chi connectivity index (χ1n) is 9.80. The average Bonchev–Trinajstić information content (AvgIpc) is 2.79. The molecule has 1 aliphatic heterocycles. The van der Waals surface area contributed by atoms with Gasteiger partial charge in [0.15, 0.2) is 0 Å². The maximum Gasteiger partial charge on any atom is 0.228 e. The minimum Gasteiger partial charge on any atom is -0.496 e. The number of aliphatic hydroxyl groups is 1. The Morgan fingerprint density at radius 1 is 1.07 bits per heavy atom. The number of benzene rings is 3. The number of ether oxygens (including phenoxy) is 2. The minimum atomic E-state index is -0.294. The summed E-state index contributed by atoms with van der Waals surface area (Å²) >= 11 is 0.